The lowest BCUT2D eigenvalue weighted by atomic mass is 9.87. The van der Waals surface area contributed by atoms with Gasteiger partial charge in [-0.2, -0.15) is 0 Å². The highest BCUT2D eigenvalue weighted by Crippen LogP contribution is 2.31. The standard InChI is InChI=1S/C41H52N8O5/c42-40(53)39-36(45-38(23-44-39)49-15-1-2-29(25-49)26-50)20-27-3-5-30(6-4-27)31-13-16-47(17-14-31)24-28-11-18-48(19-12-28)32-7-9-35(43-22-32)41(54)46-34-10-8-33(51)21-37(34)52/h3-7,9,22-23,28-29,31,34,50H,1-2,8,10-21,24-26H2,(H2,42,53)(H,46,54)/t29-,34?/m1/s1. The fraction of sp³-hybridized carbons (Fsp3) is 0.537. The number of rotatable bonds is 11. The van der Waals surface area contributed by atoms with Crippen molar-refractivity contribution < 1.29 is 24.3 Å². The number of nitrogens with zero attached hydrogens (tertiary/aromatic N) is 6. The van der Waals surface area contributed by atoms with Crippen molar-refractivity contribution >= 4 is 34.9 Å². The summed E-state index contributed by atoms with van der Waals surface area (Å²) < 4.78 is 0. The zero-order valence-corrected chi connectivity index (χ0v) is 31.0. The minimum atomic E-state index is -0.614. The van der Waals surface area contributed by atoms with E-state index in [0.29, 0.717) is 36.8 Å². The third-order valence-corrected chi connectivity index (χ3v) is 11.8. The second-order valence-electron chi connectivity index (χ2n) is 15.6. The second kappa shape index (κ2) is 17.2. The van der Waals surface area contributed by atoms with Crippen LogP contribution in [0.3, 0.4) is 0 Å². The number of primary amides is 1. The van der Waals surface area contributed by atoms with Crippen molar-refractivity contribution in [3.05, 3.63) is 77.0 Å². The van der Waals surface area contributed by atoms with E-state index in [4.69, 9.17) is 10.7 Å². The van der Waals surface area contributed by atoms with Crippen molar-refractivity contribution in [2.24, 2.45) is 17.6 Å². The Morgan fingerprint density at radius 1 is 0.852 bits per heavy atom. The Morgan fingerprint density at radius 2 is 1.63 bits per heavy atom. The first-order valence-corrected chi connectivity index (χ1v) is 19.6. The first-order chi connectivity index (χ1) is 26.2. The van der Waals surface area contributed by atoms with E-state index in [-0.39, 0.29) is 47.8 Å². The molecule has 1 unspecified atom stereocenters. The minimum absolute atomic E-state index is 0.0679. The number of hydrogen-bond acceptors (Lipinski definition) is 11. The number of nitrogens with two attached hydrogens (primary N) is 1. The number of piperidine rings is 3. The second-order valence-corrected chi connectivity index (χ2v) is 15.6. The van der Waals surface area contributed by atoms with Gasteiger partial charge in [0.15, 0.2) is 5.78 Å². The lowest BCUT2D eigenvalue weighted by molar-refractivity contribution is -0.131. The molecule has 4 fully saturated rings. The van der Waals surface area contributed by atoms with Gasteiger partial charge in [0.2, 0.25) is 0 Å². The van der Waals surface area contributed by atoms with E-state index in [1.54, 1.807) is 18.5 Å². The van der Waals surface area contributed by atoms with Crippen LogP contribution in [-0.2, 0) is 16.0 Å². The minimum Gasteiger partial charge on any atom is -0.396 e. The maximum atomic E-state index is 12.7. The number of aliphatic hydroxyl groups is 1. The number of carbonyl (C=O) groups is 4. The molecule has 13 nitrogen and oxygen atoms in total. The van der Waals surface area contributed by atoms with Crippen LogP contribution in [0.15, 0.2) is 48.8 Å². The number of carbonyl (C=O) groups excluding carboxylic acids is 4. The number of aliphatic hydroxyl groups excluding tert-OH is 1. The summed E-state index contributed by atoms with van der Waals surface area (Å²) in [5, 5.41) is 12.4. The van der Waals surface area contributed by atoms with Gasteiger partial charge < -0.3 is 30.9 Å². The molecule has 2 amide bonds. The van der Waals surface area contributed by atoms with Crippen LogP contribution in [0.4, 0.5) is 11.5 Å². The van der Waals surface area contributed by atoms with Gasteiger partial charge in [0.05, 0.1) is 36.2 Å². The number of likely N-dealkylation sites (tertiary alicyclic amines) is 1. The number of ketones is 2. The molecule has 1 aliphatic carbocycles. The molecule has 3 aliphatic heterocycles. The lowest BCUT2D eigenvalue weighted by Gasteiger charge is -2.38. The summed E-state index contributed by atoms with van der Waals surface area (Å²) in [5.74, 6) is 0.854. The molecule has 1 aromatic carbocycles. The van der Waals surface area contributed by atoms with Gasteiger partial charge in [-0.05, 0) is 99.0 Å². The van der Waals surface area contributed by atoms with Gasteiger partial charge in [0, 0.05) is 52.2 Å². The van der Waals surface area contributed by atoms with E-state index in [9.17, 15) is 24.3 Å². The number of Topliss-reactive ketones (excluding diaryl/α,β-unsaturated/α-hetero) is 2. The maximum Gasteiger partial charge on any atom is 0.270 e. The zero-order chi connectivity index (χ0) is 37.6. The van der Waals surface area contributed by atoms with Crippen LogP contribution >= 0.6 is 0 Å². The van der Waals surface area contributed by atoms with Crippen molar-refractivity contribution in [2.75, 3.05) is 62.2 Å². The molecule has 1 saturated carbocycles. The molecular formula is C41H52N8O5. The highest BCUT2D eigenvalue weighted by Gasteiger charge is 2.30. The number of benzene rings is 1. The highest BCUT2D eigenvalue weighted by molar-refractivity contribution is 6.06. The molecule has 286 valence electrons. The van der Waals surface area contributed by atoms with Crippen LogP contribution in [0.1, 0.15) is 102 Å². The van der Waals surface area contributed by atoms with E-state index < -0.39 is 11.9 Å². The molecule has 3 aromatic rings. The molecule has 0 bridgehead atoms. The summed E-state index contributed by atoms with van der Waals surface area (Å²) in [7, 11) is 0. The van der Waals surface area contributed by atoms with Crippen LogP contribution in [0.5, 0.6) is 0 Å². The Morgan fingerprint density at radius 3 is 2.31 bits per heavy atom. The predicted octanol–water partition coefficient (Wildman–Crippen LogP) is 3.29. The Labute approximate surface area is 316 Å². The summed E-state index contributed by atoms with van der Waals surface area (Å²) in [6.45, 7) is 6.91. The molecule has 2 atom stereocenters. The van der Waals surface area contributed by atoms with Gasteiger partial charge >= 0.3 is 0 Å². The predicted molar refractivity (Wildman–Crippen MR) is 205 cm³/mol. The molecule has 0 spiro atoms. The first kappa shape index (κ1) is 37.6. The number of anilines is 2. The molecule has 13 heteroatoms. The van der Waals surface area contributed by atoms with Crippen LogP contribution in [0, 0.1) is 11.8 Å². The summed E-state index contributed by atoms with van der Waals surface area (Å²) in [6, 6.07) is 11.7. The van der Waals surface area contributed by atoms with Gasteiger partial charge in [0.1, 0.15) is 23.0 Å². The van der Waals surface area contributed by atoms with E-state index >= 15 is 0 Å². The van der Waals surface area contributed by atoms with Crippen molar-refractivity contribution in [1.29, 1.82) is 0 Å². The number of pyridine rings is 1. The molecule has 0 radical (unpaired) electrons. The quantitative estimate of drug-likeness (QED) is 0.247. The summed E-state index contributed by atoms with van der Waals surface area (Å²) in [5.41, 5.74) is 10.2. The summed E-state index contributed by atoms with van der Waals surface area (Å²) >= 11 is 0. The normalized spacial score (nSPS) is 22.0. The van der Waals surface area contributed by atoms with Crippen LogP contribution in [0.2, 0.25) is 0 Å². The van der Waals surface area contributed by atoms with Gasteiger partial charge in [-0.1, -0.05) is 24.3 Å². The van der Waals surface area contributed by atoms with E-state index in [1.165, 1.54) is 5.56 Å². The van der Waals surface area contributed by atoms with E-state index in [0.717, 1.165) is 101 Å². The molecule has 4 aliphatic rings. The van der Waals surface area contributed by atoms with Crippen LogP contribution in [0.25, 0.3) is 0 Å². The van der Waals surface area contributed by atoms with Gasteiger partial charge in [-0.15, -0.1) is 0 Å². The summed E-state index contributed by atoms with van der Waals surface area (Å²) in [4.78, 5) is 69.2. The average Bonchev–Trinajstić information content (AvgIpc) is 3.20. The van der Waals surface area contributed by atoms with Gasteiger partial charge in [0.25, 0.3) is 11.8 Å². The Balaban J connectivity index is 0.854. The fourth-order valence-electron chi connectivity index (χ4n) is 8.57. The Bertz CT molecular complexity index is 1800. The number of amides is 2. The molecule has 3 saturated heterocycles. The molecular weight excluding hydrogens is 685 g/mol. The van der Waals surface area contributed by atoms with E-state index in [2.05, 4.69) is 54.2 Å². The Kier molecular flexibility index (Phi) is 11.9. The average molecular weight is 737 g/mol. The number of aromatic nitrogens is 3. The topological polar surface area (TPSA) is 175 Å². The third-order valence-electron chi connectivity index (χ3n) is 11.8. The SMILES string of the molecule is NC(=O)c1ncc(N2CCC[C@@H](CO)C2)nc1Cc1ccc(C2CCN(CC3CCN(c4ccc(C(=O)NC5CCC(=O)CC5=O)nc4)CC3)CC2)cc1. The van der Waals surface area contributed by atoms with Crippen molar-refractivity contribution in [3.63, 3.8) is 0 Å². The molecule has 5 heterocycles. The lowest BCUT2D eigenvalue weighted by Crippen LogP contribution is -2.44. The molecule has 54 heavy (non-hydrogen) atoms. The monoisotopic (exact) mass is 736 g/mol. The smallest absolute Gasteiger partial charge is 0.270 e. The van der Waals surface area contributed by atoms with Gasteiger partial charge in [-0.3, -0.25) is 19.2 Å². The largest absolute Gasteiger partial charge is 0.396 e. The number of nitrogens with one attached hydrogen (secondary N) is 1. The highest BCUT2D eigenvalue weighted by atomic mass is 16.3. The fourth-order valence-corrected chi connectivity index (χ4v) is 8.57. The Hall–Kier alpha value is -4.75. The molecule has 2 aromatic heterocycles. The molecule has 7 rings (SSSR count). The van der Waals surface area contributed by atoms with Crippen molar-refractivity contribution in [1.82, 2.24) is 25.2 Å². The van der Waals surface area contributed by atoms with Crippen molar-refractivity contribution in [3.8, 4) is 0 Å². The molecule has 4 N–H and O–H groups in total. The van der Waals surface area contributed by atoms with E-state index in [1.807, 2.05) is 6.07 Å². The number of hydrogen-bond donors (Lipinski definition) is 3. The van der Waals surface area contributed by atoms with Crippen molar-refractivity contribution in [2.45, 2.75) is 76.2 Å². The van der Waals surface area contributed by atoms with Crippen LogP contribution in [-0.4, -0.2) is 107 Å². The maximum absolute atomic E-state index is 12.7. The van der Waals surface area contributed by atoms with Gasteiger partial charge in [-0.25, -0.2) is 15.0 Å². The van der Waals surface area contributed by atoms with Crippen LogP contribution < -0.4 is 20.9 Å². The zero-order valence-electron chi connectivity index (χ0n) is 31.0. The third kappa shape index (κ3) is 9.12. The first-order valence-electron chi connectivity index (χ1n) is 19.6. The summed E-state index contributed by atoms with van der Waals surface area (Å²) in [6.07, 6.45) is 10.9.